The summed E-state index contributed by atoms with van der Waals surface area (Å²) < 4.78 is 2.10. The molecule has 5 rings (SSSR count). The Morgan fingerprint density at radius 3 is 2.58 bits per heavy atom. The van der Waals surface area contributed by atoms with Gasteiger partial charge in [-0.1, -0.05) is 13.8 Å². The van der Waals surface area contributed by atoms with E-state index >= 15 is 0 Å². The highest BCUT2D eigenvalue weighted by Gasteiger charge is 2.28. The van der Waals surface area contributed by atoms with Crippen molar-refractivity contribution in [3.8, 4) is 11.3 Å². The Labute approximate surface area is 213 Å². The molecule has 4 aromatic rings. The highest BCUT2D eigenvalue weighted by molar-refractivity contribution is 5.98. The summed E-state index contributed by atoms with van der Waals surface area (Å²) in [5.41, 5.74) is 7.98. The number of carbonyl (C=O) groups excluding carboxylic acids is 1. The minimum atomic E-state index is 0.165. The number of fused-ring (bicyclic) bond motifs is 2. The molecule has 1 saturated carbocycles. The predicted octanol–water partition coefficient (Wildman–Crippen LogP) is 5.29. The van der Waals surface area contributed by atoms with Gasteiger partial charge in [-0.2, -0.15) is 0 Å². The van der Waals surface area contributed by atoms with Gasteiger partial charge in [-0.15, -0.1) is 0 Å². The highest BCUT2D eigenvalue weighted by Crippen LogP contribution is 2.40. The highest BCUT2D eigenvalue weighted by atomic mass is 16.2. The Kier molecular flexibility index (Phi) is 6.60. The van der Waals surface area contributed by atoms with Crippen LogP contribution < -0.4 is 0 Å². The van der Waals surface area contributed by atoms with Crippen LogP contribution in [0.4, 0.5) is 0 Å². The van der Waals surface area contributed by atoms with Gasteiger partial charge in [-0.3, -0.25) is 14.7 Å². The molecule has 0 atom stereocenters. The van der Waals surface area contributed by atoms with Crippen LogP contribution >= 0.6 is 0 Å². The molecule has 0 bridgehead atoms. The molecule has 7 nitrogen and oxygen atoms in total. The van der Waals surface area contributed by atoms with E-state index in [2.05, 4.69) is 71.8 Å². The van der Waals surface area contributed by atoms with Crippen molar-refractivity contribution in [2.45, 2.75) is 57.4 Å². The van der Waals surface area contributed by atoms with Gasteiger partial charge in [0.25, 0.3) is 0 Å². The molecule has 0 radical (unpaired) electrons. The number of nitrogens with one attached hydrogen (secondary N) is 1. The van der Waals surface area contributed by atoms with Crippen molar-refractivity contribution < 1.29 is 4.79 Å². The Morgan fingerprint density at radius 1 is 1.14 bits per heavy atom. The van der Waals surface area contributed by atoms with Gasteiger partial charge in [0.05, 0.1) is 23.3 Å². The lowest BCUT2D eigenvalue weighted by molar-refractivity contribution is -0.130. The third kappa shape index (κ3) is 4.41. The first-order valence-corrected chi connectivity index (χ1v) is 13.1. The van der Waals surface area contributed by atoms with Crippen molar-refractivity contribution in [1.29, 1.82) is 0 Å². The topological polar surface area (TPSA) is 70.1 Å². The summed E-state index contributed by atoms with van der Waals surface area (Å²) in [4.78, 5) is 29.6. The molecular formula is C29H38N6O. The summed E-state index contributed by atoms with van der Waals surface area (Å²) in [6.07, 6.45) is 8.43. The van der Waals surface area contributed by atoms with Crippen LogP contribution in [0, 0.1) is 0 Å². The van der Waals surface area contributed by atoms with Gasteiger partial charge in [0, 0.05) is 67.7 Å². The predicted molar refractivity (Wildman–Crippen MR) is 146 cm³/mol. The fourth-order valence-electron chi connectivity index (χ4n) is 5.81. The maximum Gasteiger partial charge on any atom is 0.236 e. The van der Waals surface area contributed by atoms with E-state index in [9.17, 15) is 4.79 Å². The second-order valence-electron chi connectivity index (χ2n) is 10.9. The van der Waals surface area contributed by atoms with E-state index in [1.165, 1.54) is 16.8 Å². The van der Waals surface area contributed by atoms with Crippen molar-refractivity contribution in [2.24, 2.45) is 7.05 Å². The lowest BCUT2D eigenvalue weighted by atomic mass is 9.83. The molecule has 7 heteroatoms. The van der Waals surface area contributed by atoms with Crippen LogP contribution in [0.2, 0.25) is 0 Å². The number of amides is 1. The number of nitrogens with zero attached hydrogens (tertiary/aromatic N) is 5. The van der Waals surface area contributed by atoms with E-state index in [-0.39, 0.29) is 5.91 Å². The Bertz CT molecular complexity index is 1390. The molecule has 0 unspecified atom stereocenters. The third-order valence-corrected chi connectivity index (χ3v) is 7.90. The molecular weight excluding hydrogens is 448 g/mol. The molecule has 1 fully saturated rings. The summed E-state index contributed by atoms with van der Waals surface area (Å²) in [7, 11) is 7.78. The first kappa shape index (κ1) is 24.5. The van der Waals surface area contributed by atoms with Gasteiger partial charge in [0.2, 0.25) is 5.91 Å². The van der Waals surface area contributed by atoms with Crippen molar-refractivity contribution in [1.82, 2.24) is 29.3 Å². The molecule has 4 heterocycles. The number of carbonyl (C=O) groups is 1. The number of likely N-dealkylation sites (N-methyl/N-ethyl adjacent to an activating group) is 2. The average Bonchev–Trinajstić information content (AvgIpc) is 3.41. The number of H-pyrrole nitrogens is 1. The van der Waals surface area contributed by atoms with Crippen LogP contribution in [0.15, 0.2) is 36.7 Å². The summed E-state index contributed by atoms with van der Waals surface area (Å²) >= 11 is 0. The normalized spacial score (nSPS) is 18.6. The summed E-state index contributed by atoms with van der Waals surface area (Å²) in [6, 6.07) is 9.03. The number of hydrogen-bond acceptors (Lipinski definition) is 4. The Morgan fingerprint density at radius 2 is 1.89 bits per heavy atom. The maximum atomic E-state index is 12.1. The Hall–Kier alpha value is -3.19. The fraction of sp³-hybridized carbons (Fsp3) is 0.483. The van der Waals surface area contributed by atoms with Crippen molar-refractivity contribution in [2.75, 3.05) is 27.7 Å². The molecule has 190 valence electrons. The first-order valence-electron chi connectivity index (χ1n) is 13.1. The molecule has 1 aliphatic carbocycles. The minimum absolute atomic E-state index is 0.165. The van der Waals surface area contributed by atoms with Crippen LogP contribution in [0.3, 0.4) is 0 Å². The molecule has 1 N–H and O–H groups in total. The number of hydrogen-bond donors (Lipinski definition) is 1. The van der Waals surface area contributed by atoms with Gasteiger partial charge in [0.1, 0.15) is 5.65 Å². The number of rotatable bonds is 6. The smallest absolute Gasteiger partial charge is 0.236 e. The molecule has 0 aliphatic heterocycles. The van der Waals surface area contributed by atoms with Crippen molar-refractivity contribution >= 4 is 28.0 Å². The first-order chi connectivity index (χ1) is 17.2. The van der Waals surface area contributed by atoms with Crippen LogP contribution in [0.5, 0.6) is 0 Å². The summed E-state index contributed by atoms with van der Waals surface area (Å²) in [5.74, 6) is 0.962. The van der Waals surface area contributed by atoms with Crippen LogP contribution in [-0.2, 0) is 11.8 Å². The monoisotopic (exact) mass is 486 g/mol. The molecule has 0 aromatic carbocycles. The number of aromatic amines is 1. The quantitative estimate of drug-likeness (QED) is 0.402. The number of pyridine rings is 2. The average molecular weight is 487 g/mol. The zero-order chi connectivity index (χ0) is 25.6. The molecule has 0 spiro atoms. The van der Waals surface area contributed by atoms with Gasteiger partial charge >= 0.3 is 0 Å². The zero-order valence-corrected chi connectivity index (χ0v) is 22.4. The standard InChI is InChI=1S/C29H38N6O/c1-18(2)26-27(22-16-35(6)29-21(22)8-7-15-30-29)32-24-14-13-23(31-28(24)26)19-9-11-20(12-10-19)34(5)17-25(36)33(3)4/h7-8,13-16,18-20,32H,9-12,17H2,1-6H3. The summed E-state index contributed by atoms with van der Waals surface area (Å²) in [5, 5.41) is 1.16. The third-order valence-electron chi connectivity index (χ3n) is 7.90. The van der Waals surface area contributed by atoms with Crippen LogP contribution in [-0.4, -0.2) is 69.0 Å². The van der Waals surface area contributed by atoms with E-state index in [1.807, 2.05) is 26.4 Å². The van der Waals surface area contributed by atoms with Crippen LogP contribution in [0.1, 0.15) is 62.6 Å². The van der Waals surface area contributed by atoms with E-state index in [4.69, 9.17) is 4.98 Å². The van der Waals surface area contributed by atoms with Crippen molar-refractivity contribution in [3.05, 3.63) is 47.9 Å². The maximum absolute atomic E-state index is 12.1. The molecule has 1 aliphatic rings. The second kappa shape index (κ2) is 9.69. The number of aromatic nitrogens is 4. The van der Waals surface area contributed by atoms with Gasteiger partial charge < -0.3 is 14.5 Å². The largest absolute Gasteiger partial charge is 0.353 e. The molecule has 4 aromatic heterocycles. The van der Waals surface area contributed by atoms with E-state index < -0.39 is 0 Å². The minimum Gasteiger partial charge on any atom is -0.353 e. The SMILES string of the molecule is CC(C)c1c(-c2cn(C)c3ncccc23)[nH]c2ccc(C3CCC(N(C)CC(=O)N(C)C)CC3)nc12. The van der Waals surface area contributed by atoms with E-state index in [0.717, 1.165) is 53.4 Å². The zero-order valence-electron chi connectivity index (χ0n) is 22.4. The van der Waals surface area contributed by atoms with Gasteiger partial charge in [-0.25, -0.2) is 4.98 Å². The van der Waals surface area contributed by atoms with E-state index in [0.29, 0.717) is 24.4 Å². The van der Waals surface area contributed by atoms with Crippen molar-refractivity contribution in [3.63, 3.8) is 0 Å². The van der Waals surface area contributed by atoms with Gasteiger partial charge in [0.15, 0.2) is 0 Å². The number of aryl methyl sites for hydroxylation is 1. The molecule has 36 heavy (non-hydrogen) atoms. The lowest BCUT2D eigenvalue weighted by Gasteiger charge is -2.34. The van der Waals surface area contributed by atoms with E-state index in [1.54, 1.807) is 4.90 Å². The van der Waals surface area contributed by atoms with Gasteiger partial charge in [-0.05, 0) is 62.9 Å². The second-order valence-corrected chi connectivity index (χ2v) is 10.9. The fourth-order valence-corrected chi connectivity index (χ4v) is 5.81. The lowest BCUT2D eigenvalue weighted by Crippen LogP contribution is -2.41. The molecule has 0 saturated heterocycles. The summed E-state index contributed by atoms with van der Waals surface area (Å²) in [6.45, 7) is 4.99. The molecule has 1 amide bonds. The van der Waals surface area contributed by atoms with Crippen LogP contribution in [0.25, 0.3) is 33.3 Å². The Balaban J connectivity index is 1.42.